The maximum Gasteiger partial charge on any atom is 0.251 e. The largest absolute Gasteiger partial charge is 0.467 e. The van der Waals surface area contributed by atoms with Gasteiger partial charge in [0.2, 0.25) is 0 Å². The van der Waals surface area contributed by atoms with Gasteiger partial charge in [0.05, 0.1) is 12.8 Å². The van der Waals surface area contributed by atoms with E-state index in [1.807, 2.05) is 13.0 Å². The van der Waals surface area contributed by atoms with E-state index in [2.05, 4.69) is 15.6 Å². The Kier molecular flexibility index (Phi) is 3.62. The van der Waals surface area contributed by atoms with Crippen LogP contribution >= 0.6 is 0 Å². The van der Waals surface area contributed by atoms with Gasteiger partial charge in [0, 0.05) is 18.3 Å². The van der Waals surface area contributed by atoms with E-state index in [1.54, 1.807) is 31.5 Å². The van der Waals surface area contributed by atoms with Crippen LogP contribution in [0.2, 0.25) is 0 Å². The molecule has 0 spiro atoms. The van der Waals surface area contributed by atoms with Gasteiger partial charge in [-0.3, -0.25) is 4.79 Å². The van der Waals surface area contributed by atoms with Gasteiger partial charge < -0.3 is 15.1 Å². The molecule has 5 heteroatoms. The van der Waals surface area contributed by atoms with E-state index < -0.39 is 0 Å². The van der Waals surface area contributed by atoms with Crippen LogP contribution < -0.4 is 10.6 Å². The minimum absolute atomic E-state index is 0.145. The van der Waals surface area contributed by atoms with Crippen LogP contribution in [0.15, 0.2) is 34.9 Å². The predicted octanol–water partition coefficient (Wildman–Crippen LogP) is 1.95. The Morgan fingerprint density at radius 2 is 2.28 bits per heavy atom. The Bertz CT molecular complexity index is 535. The van der Waals surface area contributed by atoms with Crippen molar-refractivity contribution in [1.29, 1.82) is 0 Å². The Hall–Kier alpha value is -2.30. The molecule has 0 radical (unpaired) electrons. The van der Waals surface area contributed by atoms with Crippen molar-refractivity contribution < 1.29 is 9.21 Å². The van der Waals surface area contributed by atoms with E-state index in [0.29, 0.717) is 17.9 Å². The molecule has 1 amide bonds. The Labute approximate surface area is 105 Å². The van der Waals surface area contributed by atoms with Crippen LogP contribution in [0.4, 0.5) is 5.82 Å². The fourth-order valence-electron chi connectivity index (χ4n) is 1.61. The highest BCUT2D eigenvalue weighted by Crippen LogP contribution is 2.10. The summed E-state index contributed by atoms with van der Waals surface area (Å²) in [6, 6.07) is 7.07. The number of rotatable bonds is 4. The van der Waals surface area contributed by atoms with Gasteiger partial charge in [0.1, 0.15) is 11.6 Å². The molecule has 2 rings (SSSR count). The SMILES string of the molecule is CNc1cc(C(=O)NCc2ccco2)cc(C)n1. The van der Waals surface area contributed by atoms with Crippen molar-refractivity contribution in [2.24, 2.45) is 0 Å². The summed E-state index contributed by atoms with van der Waals surface area (Å²) in [5, 5.41) is 5.71. The number of carbonyl (C=O) groups excluding carboxylic acids is 1. The Morgan fingerprint density at radius 1 is 1.44 bits per heavy atom. The number of carbonyl (C=O) groups is 1. The molecule has 94 valence electrons. The van der Waals surface area contributed by atoms with E-state index in [4.69, 9.17) is 4.42 Å². The molecule has 0 aliphatic rings. The second kappa shape index (κ2) is 5.35. The first-order valence-corrected chi connectivity index (χ1v) is 5.66. The van der Waals surface area contributed by atoms with Crippen LogP contribution in [0.25, 0.3) is 0 Å². The quantitative estimate of drug-likeness (QED) is 0.864. The molecule has 0 aromatic carbocycles. The lowest BCUT2D eigenvalue weighted by Gasteiger charge is -2.06. The zero-order chi connectivity index (χ0) is 13.0. The van der Waals surface area contributed by atoms with Crippen LogP contribution in [0.3, 0.4) is 0 Å². The van der Waals surface area contributed by atoms with Gasteiger partial charge in [0.15, 0.2) is 0 Å². The van der Waals surface area contributed by atoms with Crippen molar-refractivity contribution in [2.45, 2.75) is 13.5 Å². The molecule has 0 bridgehead atoms. The number of anilines is 1. The number of aromatic nitrogens is 1. The maximum atomic E-state index is 12.0. The molecule has 0 aliphatic heterocycles. The molecular formula is C13H15N3O2. The van der Waals surface area contributed by atoms with E-state index in [1.165, 1.54) is 0 Å². The molecule has 2 aromatic rings. The number of hydrogen-bond donors (Lipinski definition) is 2. The smallest absolute Gasteiger partial charge is 0.251 e. The molecule has 0 fully saturated rings. The number of hydrogen-bond acceptors (Lipinski definition) is 4. The first kappa shape index (κ1) is 12.2. The lowest BCUT2D eigenvalue weighted by molar-refractivity contribution is 0.0948. The van der Waals surface area contributed by atoms with Gasteiger partial charge in [0.25, 0.3) is 5.91 Å². The summed E-state index contributed by atoms with van der Waals surface area (Å²) in [5.41, 5.74) is 1.38. The molecule has 5 nitrogen and oxygen atoms in total. The second-order valence-corrected chi connectivity index (χ2v) is 3.89. The predicted molar refractivity (Wildman–Crippen MR) is 68.4 cm³/mol. The fourth-order valence-corrected chi connectivity index (χ4v) is 1.61. The Balaban J connectivity index is 2.06. The average Bonchev–Trinajstić information content (AvgIpc) is 2.88. The summed E-state index contributed by atoms with van der Waals surface area (Å²) in [6.07, 6.45) is 1.58. The van der Waals surface area contributed by atoms with Gasteiger partial charge in [-0.1, -0.05) is 0 Å². The standard InChI is InChI=1S/C13H15N3O2/c1-9-6-10(7-12(14-2)16-9)13(17)15-8-11-4-3-5-18-11/h3-7H,8H2,1-2H3,(H,14,16)(H,15,17). The topological polar surface area (TPSA) is 67.2 Å². The van der Waals surface area contributed by atoms with Crippen LogP contribution in [0.5, 0.6) is 0 Å². The molecule has 2 heterocycles. The van der Waals surface area contributed by atoms with Gasteiger partial charge >= 0.3 is 0 Å². The third kappa shape index (κ3) is 2.88. The minimum atomic E-state index is -0.145. The lowest BCUT2D eigenvalue weighted by atomic mass is 10.2. The molecule has 2 aromatic heterocycles. The second-order valence-electron chi connectivity index (χ2n) is 3.89. The van der Waals surface area contributed by atoms with Crippen LogP contribution in [-0.4, -0.2) is 17.9 Å². The van der Waals surface area contributed by atoms with Crippen molar-refractivity contribution in [1.82, 2.24) is 10.3 Å². The highest BCUT2D eigenvalue weighted by Gasteiger charge is 2.08. The van der Waals surface area contributed by atoms with Gasteiger partial charge in [-0.05, 0) is 31.2 Å². The van der Waals surface area contributed by atoms with Crippen molar-refractivity contribution >= 4 is 11.7 Å². The average molecular weight is 245 g/mol. The minimum Gasteiger partial charge on any atom is -0.467 e. The van der Waals surface area contributed by atoms with Crippen LogP contribution in [-0.2, 0) is 6.54 Å². The number of amides is 1. The third-order valence-electron chi connectivity index (χ3n) is 2.48. The number of nitrogens with zero attached hydrogens (tertiary/aromatic N) is 1. The van der Waals surface area contributed by atoms with Gasteiger partial charge in [-0.2, -0.15) is 0 Å². The van der Waals surface area contributed by atoms with E-state index >= 15 is 0 Å². The van der Waals surface area contributed by atoms with E-state index in [9.17, 15) is 4.79 Å². The number of aryl methyl sites for hydroxylation is 1. The number of pyridine rings is 1. The molecule has 0 saturated heterocycles. The summed E-state index contributed by atoms with van der Waals surface area (Å²) < 4.78 is 5.15. The summed E-state index contributed by atoms with van der Waals surface area (Å²) in [6.45, 7) is 2.23. The zero-order valence-corrected chi connectivity index (χ0v) is 10.4. The van der Waals surface area contributed by atoms with Crippen molar-refractivity contribution in [3.63, 3.8) is 0 Å². The summed E-state index contributed by atoms with van der Waals surface area (Å²) >= 11 is 0. The third-order valence-corrected chi connectivity index (χ3v) is 2.48. The van der Waals surface area contributed by atoms with Crippen LogP contribution in [0.1, 0.15) is 21.8 Å². The lowest BCUT2D eigenvalue weighted by Crippen LogP contribution is -2.22. The first-order chi connectivity index (χ1) is 8.69. The number of furan rings is 1. The van der Waals surface area contributed by atoms with Crippen molar-refractivity contribution in [2.75, 3.05) is 12.4 Å². The van der Waals surface area contributed by atoms with E-state index in [0.717, 1.165) is 11.5 Å². The monoisotopic (exact) mass is 245 g/mol. The summed E-state index contributed by atoms with van der Waals surface area (Å²) in [5.74, 6) is 1.26. The molecule has 0 unspecified atom stereocenters. The van der Waals surface area contributed by atoms with Crippen LogP contribution in [0, 0.1) is 6.92 Å². The Morgan fingerprint density at radius 3 is 2.94 bits per heavy atom. The summed E-state index contributed by atoms with van der Waals surface area (Å²) in [7, 11) is 1.77. The van der Waals surface area contributed by atoms with Gasteiger partial charge in [-0.15, -0.1) is 0 Å². The van der Waals surface area contributed by atoms with Crippen molar-refractivity contribution in [3.8, 4) is 0 Å². The fraction of sp³-hybridized carbons (Fsp3) is 0.231. The summed E-state index contributed by atoms with van der Waals surface area (Å²) in [4.78, 5) is 16.2. The highest BCUT2D eigenvalue weighted by molar-refractivity contribution is 5.94. The molecule has 0 saturated carbocycles. The normalized spacial score (nSPS) is 10.1. The molecule has 0 atom stereocenters. The maximum absolute atomic E-state index is 12.0. The first-order valence-electron chi connectivity index (χ1n) is 5.66. The molecule has 2 N–H and O–H groups in total. The zero-order valence-electron chi connectivity index (χ0n) is 10.4. The van der Waals surface area contributed by atoms with Crippen molar-refractivity contribution in [3.05, 3.63) is 47.5 Å². The van der Waals surface area contributed by atoms with Gasteiger partial charge in [-0.25, -0.2) is 4.98 Å². The molecule has 18 heavy (non-hydrogen) atoms. The highest BCUT2D eigenvalue weighted by atomic mass is 16.3. The molecule has 0 aliphatic carbocycles. The van der Waals surface area contributed by atoms with E-state index in [-0.39, 0.29) is 5.91 Å². The molecular weight excluding hydrogens is 230 g/mol. The number of nitrogens with one attached hydrogen (secondary N) is 2.